The molecule has 1 heterocycles. The van der Waals surface area contributed by atoms with E-state index in [2.05, 4.69) is 33.0 Å². The minimum atomic E-state index is -0.976. The van der Waals surface area contributed by atoms with Crippen LogP contribution in [0, 0.1) is 10.1 Å². The van der Waals surface area contributed by atoms with Crippen LogP contribution in [0.3, 0.4) is 0 Å². The maximum atomic E-state index is 12.2. The summed E-state index contributed by atoms with van der Waals surface area (Å²) in [5.74, 6) is -1.08. The van der Waals surface area contributed by atoms with Gasteiger partial charge in [-0.3, -0.25) is 14.7 Å². The fourth-order valence-corrected chi connectivity index (χ4v) is 4.01. The van der Waals surface area contributed by atoms with Crippen molar-refractivity contribution in [2.75, 3.05) is 24.7 Å². The maximum absolute atomic E-state index is 12.2. The summed E-state index contributed by atoms with van der Waals surface area (Å²) in [6, 6.07) is 5.63. The van der Waals surface area contributed by atoms with Gasteiger partial charge in [0.25, 0.3) is 5.09 Å². The van der Waals surface area contributed by atoms with E-state index in [1.807, 2.05) is 0 Å². The lowest BCUT2D eigenvalue weighted by Gasteiger charge is -2.16. The van der Waals surface area contributed by atoms with Crippen molar-refractivity contribution in [3.63, 3.8) is 0 Å². The van der Waals surface area contributed by atoms with Crippen LogP contribution in [-0.2, 0) is 19.2 Å². The number of nitrogen functional groups attached to an aromatic ring is 1. The number of hydrogen-bond donors (Lipinski definition) is 4. The van der Waals surface area contributed by atoms with E-state index in [9.17, 15) is 24.5 Å². The number of aromatic nitrogens is 2. The third-order valence-electron chi connectivity index (χ3n) is 3.65. The molecule has 35 heavy (non-hydrogen) atoms. The first-order valence-corrected chi connectivity index (χ1v) is 12.9. The third kappa shape index (κ3) is 13.8. The molecular weight excluding hydrogens is 541 g/mol. The lowest BCUT2D eigenvalue weighted by molar-refractivity contribution is -0.757. The zero-order valence-corrected chi connectivity index (χ0v) is 21.8. The number of thioether (sulfide) groups is 1. The molecule has 1 atom stereocenters. The molecule has 1 aromatic heterocycles. The molecule has 17 heteroatoms. The fourth-order valence-electron chi connectivity index (χ4n) is 2.14. The second-order valence-corrected chi connectivity index (χ2v) is 9.75. The number of carbonyl (C=O) groups is 3. The van der Waals surface area contributed by atoms with Gasteiger partial charge in [0.1, 0.15) is 6.04 Å². The Labute approximate surface area is 218 Å². The van der Waals surface area contributed by atoms with Crippen LogP contribution in [0.25, 0.3) is 0 Å². The Hall–Kier alpha value is -2.60. The van der Waals surface area contributed by atoms with Gasteiger partial charge in [-0.25, -0.2) is 4.79 Å². The van der Waals surface area contributed by atoms with Gasteiger partial charge in [-0.15, -0.1) is 32.9 Å². The van der Waals surface area contributed by atoms with E-state index in [4.69, 9.17) is 15.6 Å². The quantitative estimate of drug-likeness (QED) is 0.0728. The standard InChI is InChI=1S/C16H20N2O7S2.C2H4N4S2/c1-11(19)17-14(15(20)24-8-2-3-9-25-18(22)23)10-27-16(21)12-4-6-13(26)7-5-12;3-1-5-6-2(7-1)8-4/h4-7,14,26H,2-3,8-10H2,1H3,(H,17,19);4H2,(H2,3,5). The molecule has 0 radical (unpaired) electrons. The van der Waals surface area contributed by atoms with Gasteiger partial charge >= 0.3 is 5.97 Å². The fraction of sp³-hybridized carbons (Fsp3) is 0.389. The number of nitrogens with one attached hydrogen (secondary N) is 1. The third-order valence-corrected chi connectivity index (χ3v) is 6.31. The Balaban J connectivity index is 0.000000642. The first-order valence-electron chi connectivity index (χ1n) is 9.75. The Kier molecular flexibility index (Phi) is 14.7. The molecule has 1 aromatic carbocycles. The number of thiol groups is 1. The van der Waals surface area contributed by atoms with Gasteiger partial charge in [-0.1, -0.05) is 23.1 Å². The van der Waals surface area contributed by atoms with Gasteiger partial charge in [0.05, 0.1) is 13.2 Å². The molecule has 1 unspecified atom stereocenters. The highest BCUT2D eigenvalue weighted by molar-refractivity contribution is 8.14. The summed E-state index contributed by atoms with van der Waals surface area (Å²) in [6.07, 6.45) is 0.710. The number of esters is 1. The van der Waals surface area contributed by atoms with Crippen molar-refractivity contribution in [1.82, 2.24) is 15.5 Å². The van der Waals surface area contributed by atoms with Crippen LogP contribution >= 0.6 is 47.7 Å². The second kappa shape index (κ2) is 16.9. The van der Waals surface area contributed by atoms with Crippen molar-refractivity contribution in [2.45, 2.75) is 35.0 Å². The molecule has 0 aliphatic heterocycles. The number of ether oxygens (including phenoxy) is 1. The first-order chi connectivity index (χ1) is 16.6. The highest BCUT2D eigenvalue weighted by Gasteiger charge is 2.23. The van der Waals surface area contributed by atoms with Gasteiger partial charge in [-0.05, 0) is 49.1 Å². The minimum Gasteiger partial charge on any atom is -0.464 e. The molecule has 0 saturated carbocycles. The lowest BCUT2D eigenvalue weighted by Crippen LogP contribution is -2.43. The number of unbranched alkanes of at least 4 members (excludes halogenated alkanes) is 1. The molecule has 2 rings (SSSR count). The molecule has 2 aromatic rings. The van der Waals surface area contributed by atoms with E-state index < -0.39 is 23.0 Å². The molecule has 0 fully saturated rings. The number of rotatable bonds is 12. The zero-order valence-electron chi connectivity index (χ0n) is 18.4. The predicted molar refractivity (Wildman–Crippen MR) is 136 cm³/mol. The van der Waals surface area contributed by atoms with Crippen LogP contribution in [0.1, 0.15) is 30.1 Å². The van der Waals surface area contributed by atoms with Crippen LogP contribution in [0.2, 0.25) is 0 Å². The van der Waals surface area contributed by atoms with E-state index >= 15 is 0 Å². The van der Waals surface area contributed by atoms with Gasteiger partial charge in [-0.2, -0.15) is 0 Å². The maximum Gasteiger partial charge on any atom is 0.329 e. The van der Waals surface area contributed by atoms with Crippen molar-refractivity contribution in [2.24, 2.45) is 5.14 Å². The normalized spacial score (nSPS) is 10.9. The van der Waals surface area contributed by atoms with Crippen molar-refractivity contribution in [3.8, 4) is 0 Å². The molecule has 192 valence electrons. The Morgan fingerprint density at radius 2 is 1.89 bits per heavy atom. The Bertz CT molecular complexity index is 977. The molecule has 0 aliphatic carbocycles. The van der Waals surface area contributed by atoms with Crippen LogP contribution in [-0.4, -0.2) is 57.3 Å². The van der Waals surface area contributed by atoms with Crippen LogP contribution in [0.4, 0.5) is 5.13 Å². The average Bonchev–Trinajstić information content (AvgIpc) is 3.24. The number of amides is 1. The number of hydrogen-bond acceptors (Lipinski definition) is 15. The summed E-state index contributed by atoms with van der Waals surface area (Å²) >= 11 is 7.37. The number of nitrogens with zero attached hydrogens (tertiary/aromatic N) is 3. The predicted octanol–water partition coefficient (Wildman–Crippen LogP) is 1.97. The number of carbonyl (C=O) groups excluding carboxylic acids is 3. The van der Waals surface area contributed by atoms with Crippen molar-refractivity contribution < 1.29 is 29.0 Å². The van der Waals surface area contributed by atoms with Crippen LogP contribution in [0.5, 0.6) is 0 Å². The van der Waals surface area contributed by atoms with Gasteiger partial charge in [0.2, 0.25) is 16.2 Å². The Morgan fingerprint density at radius 1 is 1.23 bits per heavy atom. The summed E-state index contributed by atoms with van der Waals surface area (Å²) in [7, 11) is 0. The SMILES string of the molecule is CC(=O)NC(CSC(=O)c1ccc(S)cc1)C(=O)OCCCCO[N+](=O)[O-].NSc1nnc(N)s1. The molecule has 1 amide bonds. The average molecular weight is 565 g/mol. The molecular formula is C18H24N6O7S4. The smallest absolute Gasteiger partial charge is 0.329 e. The molecule has 5 N–H and O–H groups in total. The topological polar surface area (TPSA) is 203 Å². The van der Waals surface area contributed by atoms with E-state index in [0.29, 0.717) is 27.9 Å². The van der Waals surface area contributed by atoms with Gasteiger partial charge in [0.15, 0.2) is 4.34 Å². The minimum absolute atomic E-state index is 0.0182. The first kappa shape index (κ1) is 30.4. The number of anilines is 1. The van der Waals surface area contributed by atoms with Gasteiger partial charge < -0.3 is 20.6 Å². The monoisotopic (exact) mass is 564 g/mol. The highest BCUT2D eigenvalue weighted by Crippen LogP contribution is 2.18. The second-order valence-electron chi connectivity index (χ2n) is 6.35. The van der Waals surface area contributed by atoms with Crippen LogP contribution < -0.4 is 16.2 Å². The summed E-state index contributed by atoms with van der Waals surface area (Å²) in [5, 5.41) is 24.1. The molecule has 0 spiro atoms. The van der Waals surface area contributed by atoms with Crippen LogP contribution in [0.15, 0.2) is 33.5 Å². The van der Waals surface area contributed by atoms with E-state index in [1.54, 1.807) is 24.3 Å². The van der Waals surface area contributed by atoms with Crippen molar-refractivity contribution in [3.05, 3.63) is 39.9 Å². The number of benzene rings is 1. The van der Waals surface area contributed by atoms with Gasteiger partial charge in [0, 0.05) is 23.1 Å². The number of nitrogens with two attached hydrogens (primary N) is 2. The zero-order chi connectivity index (χ0) is 26.2. The molecule has 0 aliphatic rings. The summed E-state index contributed by atoms with van der Waals surface area (Å²) in [6.45, 7) is 1.19. The van der Waals surface area contributed by atoms with Crippen molar-refractivity contribution >= 4 is 69.8 Å². The van der Waals surface area contributed by atoms with Crippen molar-refractivity contribution in [1.29, 1.82) is 0 Å². The summed E-state index contributed by atoms with van der Waals surface area (Å²) < 4.78 is 5.75. The molecule has 0 saturated heterocycles. The highest BCUT2D eigenvalue weighted by atomic mass is 32.2. The Morgan fingerprint density at radius 3 is 2.40 bits per heavy atom. The van der Waals surface area contributed by atoms with E-state index in [1.165, 1.54) is 18.3 Å². The summed E-state index contributed by atoms with van der Waals surface area (Å²) in [4.78, 5) is 50.4. The molecule has 0 bridgehead atoms. The summed E-state index contributed by atoms with van der Waals surface area (Å²) in [5.41, 5.74) is 5.69. The largest absolute Gasteiger partial charge is 0.464 e. The van der Waals surface area contributed by atoms with E-state index in [-0.39, 0.29) is 24.1 Å². The lowest BCUT2D eigenvalue weighted by atomic mass is 10.2. The molecule has 13 nitrogen and oxygen atoms in total. The van der Waals surface area contributed by atoms with E-state index in [0.717, 1.165) is 28.6 Å².